The number of amides is 1. The van der Waals surface area contributed by atoms with E-state index in [0.29, 0.717) is 17.3 Å². The Labute approximate surface area is 167 Å². The van der Waals surface area contributed by atoms with E-state index in [-0.39, 0.29) is 18.6 Å². The second-order valence-corrected chi connectivity index (χ2v) is 7.74. The van der Waals surface area contributed by atoms with Gasteiger partial charge < -0.3 is 10.1 Å². The topological polar surface area (TPSA) is 81.9 Å². The highest BCUT2D eigenvalue weighted by Crippen LogP contribution is 2.24. The minimum atomic E-state index is -0.243. The molecule has 1 N–H and O–H groups in total. The van der Waals surface area contributed by atoms with Gasteiger partial charge in [0.05, 0.1) is 6.54 Å². The number of rotatable bonds is 6. The monoisotopic (exact) mass is 395 g/mol. The molecule has 1 amide bonds. The first-order valence-electron chi connectivity index (χ1n) is 9.14. The highest BCUT2D eigenvalue weighted by atomic mass is 32.2. The molecule has 1 atom stereocenters. The third-order valence-electron chi connectivity index (χ3n) is 4.52. The van der Waals surface area contributed by atoms with Gasteiger partial charge in [0, 0.05) is 17.6 Å². The molecule has 4 rings (SSSR count). The number of nitrogens with zero attached hydrogens (tertiary/aromatic N) is 4. The molecule has 1 aliphatic heterocycles. The standard InChI is InChI=1S/C20H21N5O2S/c1-14-4-6-15(7-5-14)25-13-23-24-18(25)11-22-19(26)17-3-2-9-21-20(17)27-16-8-10-28-12-16/h2-7,9,13,16H,8,10-12H2,1H3,(H,22,26). The van der Waals surface area contributed by atoms with E-state index < -0.39 is 0 Å². The largest absolute Gasteiger partial charge is 0.473 e. The number of hydrogen-bond acceptors (Lipinski definition) is 6. The number of pyridine rings is 1. The van der Waals surface area contributed by atoms with Crippen molar-refractivity contribution >= 4 is 17.7 Å². The number of thioether (sulfide) groups is 1. The molecule has 1 fully saturated rings. The summed E-state index contributed by atoms with van der Waals surface area (Å²) in [5.74, 6) is 2.79. The first-order chi connectivity index (χ1) is 13.7. The van der Waals surface area contributed by atoms with Gasteiger partial charge in [-0.3, -0.25) is 9.36 Å². The van der Waals surface area contributed by atoms with Crippen molar-refractivity contribution in [3.05, 3.63) is 65.9 Å². The Morgan fingerprint density at radius 3 is 2.96 bits per heavy atom. The zero-order chi connectivity index (χ0) is 19.3. The van der Waals surface area contributed by atoms with Gasteiger partial charge in [0.15, 0.2) is 5.82 Å². The molecule has 3 heterocycles. The van der Waals surface area contributed by atoms with E-state index in [1.165, 1.54) is 5.56 Å². The molecule has 0 saturated carbocycles. The molecular formula is C20H21N5O2S. The van der Waals surface area contributed by atoms with Crippen LogP contribution >= 0.6 is 11.8 Å². The third kappa shape index (κ3) is 4.17. The second kappa shape index (κ2) is 8.43. The van der Waals surface area contributed by atoms with E-state index in [1.807, 2.05) is 47.5 Å². The van der Waals surface area contributed by atoms with Crippen molar-refractivity contribution in [3.63, 3.8) is 0 Å². The molecule has 0 spiro atoms. The summed E-state index contributed by atoms with van der Waals surface area (Å²) in [6, 6.07) is 11.5. The Morgan fingerprint density at radius 2 is 2.18 bits per heavy atom. The maximum absolute atomic E-state index is 12.7. The van der Waals surface area contributed by atoms with E-state index >= 15 is 0 Å². The van der Waals surface area contributed by atoms with Crippen LogP contribution in [-0.4, -0.2) is 43.3 Å². The molecule has 0 bridgehead atoms. The van der Waals surface area contributed by atoms with Crippen LogP contribution in [0.25, 0.3) is 5.69 Å². The maximum Gasteiger partial charge on any atom is 0.257 e. The van der Waals surface area contributed by atoms with E-state index in [4.69, 9.17) is 4.74 Å². The number of aryl methyl sites for hydroxylation is 1. The number of nitrogens with one attached hydrogen (secondary N) is 1. The smallest absolute Gasteiger partial charge is 0.257 e. The number of carbonyl (C=O) groups is 1. The van der Waals surface area contributed by atoms with Gasteiger partial charge in [0.1, 0.15) is 18.0 Å². The van der Waals surface area contributed by atoms with Crippen LogP contribution in [0.2, 0.25) is 0 Å². The third-order valence-corrected chi connectivity index (χ3v) is 5.65. The van der Waals surface area contributed by atoms with Gasteiger partial charge >= 0.3 is 0 Å². The SMILES string of the molecule is Cc1ccc(-n2cnnc2CNC(=O)c2cccnc2OC2CCSC2)cc1. The van der Waals surface area contributed by atoms with Crippen molar-refractivity contribution in [2.45, 2.75) is 26.0 Å². The summed E-state index contributed by atoms with van der Waals surface area (Å²) >= 11 is 1.85. The van der Waals surface area contributed by atoms with Gasteiger partial charge in [-0.2, -0.15) is 11.8 Å². The Bertz CT molecular complexity index is 951. The van der Waals surface area contributed by atoms with Crippen molar-refractivity contribution in [1.82, 2.24) is 25.1 Å². The lowest BCUT2D eigenvalue weighted by Crippen LogP contribution is -2.26. The summed E-state index contributed by atoms with van der Waals surface area (Å²) in [7, 11) is 0. The molecule has 3 aromatic rings. The van der Waals surface area contributed by atoms with E-state index in [2.05, 4.69) is 20.5 Å². The molecule has 2 aromatic heterocycles. The Hall–Kier alpha value is -2.87. The Balaban J connectivity index is 1.46. The van der Waals surface area contributed by atoms with Gasteiger partial charge in [0.25, 0.3) is 5.91 Å². The zero-order valence-corrected chi connectivity index (χ0v) is 16.4. The molecule has 28 heavy (non-hydrogen) atoms. The molecule has 1 saturated heterocycles. The Kier molecular flexibility index (Phi) is 5.57. The molecule has 144 valence electrons. The summed E-state index contributed by atoms with van der Waals surface area (Å²) in [5.41, 5.74) is 2.56. The molecule has 8 heteroatoms. The first kappa shape index (κ1) is 18.5. The summed E-state index contributed by atoms with van der Waals surface area (Å²) in [4.78, 5) is 17.0. The lowest BCUT2D eigenvalue weighted by Gasteiger charge is -2.14. The summed E-state index contributed by atoms with van der Waals surface area (Å²) in [6.45, 7) is 2.29. The van der Waals surface area contributed by atoms with Crippen molar-refractivity contribution in [2.24, 2.45) is 0 Å². The Morgan fingerprint density at radius 1 is 1.32 bits per heavy atom. The summed E-state index contributed by atoms with van der Waals surface area (Å²) < 4.78 is 7.80. The molecule has 0 aliphatic carbocycles. The second-order valence-electron chi connectivity index (χ2n) is 6.59. The number of hydrogen-bond donors (Lipinski definition) is 1. The predicted octanol–water partition coefficient (Wildman–Crippen LogP) is 2.79. The quantitative estimate of drug-likeness (QED) is 0.691. The van der Waals surface area contributed by atoms with Crippen molar-refractivity contribution in [2.75, 3.05) is 11.5 Å². The number of ether oxygens (including phenoxy) is 1. The van der Waals surface area contributed by atoms with Gasteiger partial charge in [-0.15, -0.1) is 10.2 Å². The number of benzene rings is 1. The molecule has 7 nitrogen and oxygen atoms in total. The number of carbonyl (C=O) groups excluding carboxylic acids is 1. The van der Waals surface area contributed by atoms with Crippen LogP contribution in [0.5, 0.6) is 5.88 Å². The van der Waals surface area contributed by atoms with Crippen molar-refractivity contribution in [3.8, 4) is 11.6 Å². The van der Waals surface area contributed by atoms with E-state index in [9.17, 15) is 4.79 Å². The van der Waals surface area contributed by atoms with Gasteiger partial charge in [-0.1, -0.05) is 17.7 Å². The minimum Gasteiger partial charge on any atom is -0.473 e. The average molecular weight is 395 g/mol. The van der Waals surface area contributed by atoms with Crippen LogP contribution in [0.15, 0.2) is 48.9 Å². The van der Waals surface area contributed by atoms with E-state index in [1.54, 1.807) is 24.7 Å². The zero-order valence-electron chi connectivity index (χ0n) is 15.5. The molecular weight excluding hydrogens is 374 g/mol. The fourth-order valence-electron chi connectivity index (χ4n) is 2.98. The van der Waals surface area contributed by atoms with Gasteiger partial charge in [0.2, 0.25) is 5.88 Å². The van der Waals surface area contributed by atoms with Crippen LogP contribution in [-0.2, 0) is 6.54 Å². The van der Waals surface area contributed by atoms with Crippen LogP contribution in [0, 0.1) is 6.92 Å². The highest BCUT2D eigenvalue weighted by Gasteiger charge is 2.21. The molecule has 1 aromatic carbocycles. The van der Waals surface area contributed by atoms with Crippen LogP contribution < -0.4 is 10.1 Å². The summed E-state index contributed by atoms with van der Waals surface area (Å²) in [5, 5.41) is 11.0. The van der Waals surface area contributed by atoms with Crippen molar-refractivity contribution < 1.29 is 9.53 Å². The van der Waals surface area contributed by atoms with Crippen LogP contribution in [0.4, 0.5) is 0 Å². The van der Waals surface area contributed by atoms with E-state index in [0.717, 1.165) is 23.6 Å². The fraction of sp³-hybridized carbons (Fsp3) is 0.300. The maximum atomic E-state index is 12.7. The first-order valence-corrected chi connectivity index (χ1v) is 10.3. The summed E-state index contributed by atoms with van der Waals surface area (Å²) in [6.07, 6.45) is 4.36. The minimum absolute atomic E-state index is 0.107. The molecule has 1 unspecified atom stereocenters. The molecule has 1 aliphatic rings. The van der Waals surface area contributed by atoms with Crippen LogP contribution in [0.1, 0.15) is 28.2 Å². The van der Waals surface area contributed by atoms with Gasteiger partial charge in [-0.05, 0) is 43.4 Å². The molecule has 0 radical (unpaired) electrons. The number of aromatic nitrogens is 4. The highest BCUT2D eigenvalue weighted by molar-refractivity contribution is 7.99. The predicted molar refractivity (Wildman–Crippen MR) is 108 cm³/mol. The van der Waals surface area contributed by atoms with Crippen LogP contribution in [0.3, 0.4) is 0 Å². The lowest BCUT2D eigenvalue weighted by atomic mass is 10.2. The average Bonchev–Trinajstić information content (AvgIpc) is 3.39. The fourth-order valence-corrected chi connectivity index (χ4v) is 4.07. The lowest BCUT2D eigenvalue weighted by molar-refractivity contribution is 0.0942. The van der Waals surface area contributed by atoms with Crippen molar-refractivity contribution in [1.29, 1.82) is 0 Å². The normalized spacial score (nSPS) is 16.1. The van der Waals surface area contributed by atoms with Gasteiger partial charge in [-0.25, -0.2) is 4.98 Å².